The maximum Gasteiger partial charge on any atom is 0.137 e. The monoisotopic (exact) mass is 415 g/mol. The van der Waals surface area contributed by atoms with Gasteiger partial charge in [0.05, 0.1) is 17.6 Å². The molecule has 0 aliphatic heterocycles. The molecule has 2 aromatic rings. The van der Waals surface area contributed by atoms with E-state index in [2.05, 4.69) is 31.9 Å². The van der Waals surface area contributed by atoms with Crippen molar-refractivity contribution in [3.63, 3.8) is 0 Å². The lowest BCUT2D eigenvalue weighted by atomic mass is 9.93. The van der Waals surface area contributed by atoms with Gasteiger partial charge in [-0.1, -0.05) is 22.0 Å². The third-order valence-corrected chi connectivity index (χ3v) is 4.96. The Kier molecular flexibility index (Phi) is 5.07. The second-order valence-electron chi connectivity index (χ2n) is 4.90. The molecule has 0 radical (unpaired) electrons. The minimum Gasteiger partial charge on any atom is -0.496 e. The molecule has 2 aromatic carbocycles. The Bertz CT molecular complexity index is 688. The van der Waals surface area contributed by atoms with Crippen LogP contribution >= 0.6 is 31.9 Å². The van der Waals surface area contributed by atoms with E-state index in [1.165, 1.54) is 6.07 Å². The van der Waals surface area contributed by atoms with Crippen LogP contribution in [0, 0.1) is 19.7 Å². The van der Waals surface area contributed by atoms with Gasteiger partial charge in [0.1, 0.15) is 11.6 Å². The lowest BCUT2D eigenvalue weighted by Crippen LogP contribution is -2.15. The van der Waals surface area contributed by atoms with Gasteiger partial charge in [-0.2, -0.15) is 0 Å². The fourth-order valence-corrected chi connectivity index (χ4v) is 3.35. The van der Waals surface area contributed by atoms with Crippen molar-refractivity contribution in [3.05, 3.63) is 61.3 Å². The van der Waals surface area contributed by atoms with E-state index in [1.54, 1.807) is 19.2 Å². The highest BCUT2D eigenvalue weighted by molar-refractivity contribution is 9.10. The van der Waals surface area contributed by atoms with Crippen molar-refractivity contribution in [2.45, 2.75) is 19.9 Å². The van der Waals surface area contributed by atoms with Crippen LogP contribution in [-0.4, -0.2) is 7.11 Å². The van der Waals surface area contributed by atoms with E-state index in [1.807, 2.05) is 19.9 Å². The van der Waals surface area contributed by atoms with E-state index in [9.17, 15) is 4.39 Å². The zero-order chi connectivity index (χ0) is 15.7. The minimum atomic E-state index is -0.395. The number of benzene rings is 2. The molecule has 0 heterocycles. The van der Waals surface area contributed by atoms with E-state index in [0.29, 0.717) is 4.47 Å². The first-order valence-electron chi connectivity index (χ1n) is 6.41. The summed E-state index contributed by atoms with van der Waals surface area (Å²) >= 11 is 6.75. The normalized spacial score (nSPS) is 12.3. The Balaban J connectivity index is 2.62. The van der Waals surface area contributed by atoms with E-state index in [4.69, 9.17) is 10.5 Å². The summed E-state index contributed by atoms with van der Waals surface area (Å²) in [5, 5.41) is 0. The topological polar surface area (TPSA) is 35.2 Å². The van der Waals surface area contributed by atoms with E-state index in [0.717, 1.165) is 32.5 Å². The second-order valence-corrected chi connectivity index (χ2v) is 6.61. The second kappa shape index (κ2) is 6.46. The van der Waals surface area contributed by atoms with Crippen molar-refractivity contribution in [1.29, 1.82) is 0 Å². The molecule has 0 saturated carbocycles. The van der Waals surface area contributed by atoms with Crippen molar-refractivity contribution < 1.29 is 9.13 Å². The first-order valence-corrected chi connectivity index (χ1v) is 7.99. The molecule has 2 nitrogen and oxygen atoms in total. The molecule has 0 aliphatic carbocycles. The minimum absolute atomic E-state index is 0.306. The maximum atomic E-state index is 13.4. The zero-order valence-corrected chi connectivity index (χ0v) is 15.2. The van der Waals surface area contributed by atoms with Crippen molar-refractivity contribution in [2.75, 3.05) is 7.11 Å². The van der Waals surface area contributed by atoms with Crippen molar-refractivity contribution in [2.24, 2.45) is 5.73 Å². The summed E-state index contributed by atoms with van der Waals surface area (Å²) in [5.41, 5.74) is 10.2. The molecule has 2 N–H and O–H groups in total. The highest BCUT2D eigenvalue weighted by Gasteiger charge is 2.21. The summed E-state index contributed by atoms with van der Waals surface area (Å²) in [6, 6.07) is 6.42. The van der Waals surface area contributed by atoms with Crippen molar-refractivity contribution >= 4 is 31.9 Å². The molecule has 0 saturated heterocycles. The highest BCUT2D eigenvalue weighted by Crippen LogP contribution is 2.38. The van der Waals surface area contributed by atoms with Gasteiger partial charge in [0.15, 0.2) is 0 Å². The Labute approximate surface area is 140 Å². The fraction of sp³-hybridized carbons (Fsp3) is 0.250. The molecule has 1 atom stereocenters. The molecule has 0 fully saturated rings. The lowest BCUT2D eigenvalue weighted by molar-refractivity contribution is 0.404. The summed E-state index contributed by atoms with van der Waals surface area (Å²) < 4.78 is 20.3. The summed E-state index contributed by atoms with van der Waals surface area (Å²) in [5.74, 6) is 0.462. The predicted molar refractivity (Wildman–Crippen MR) is 90.3 cm³/mol. The van der Waals surface area contributed by atoms with Crippen LogP contribution in [0.3, 0.4) is 0 Å². The third kappa shape index (κ3) is 3.15. The van der Waals surface area contributed by atoms with Crippen LogP contribution in [-0.2, 0) is 0 Å². The standard InChI is InChI=1S/C16H16Br2FNO/c1-8-6-11(17)9(2)14(16(8)21-3)15(20)10-4-5-13(19)12(18)7-10/h4-7,15H,20H2,1-3H3. The largest absolute Gasteiger partial charge is 0.496 e. The quantitative estimate of drug-likeness (QED) is 0.761. The van der Waals surface area contributed by atoms with Crippen LogP contribution in [0.5, 0.6) is 5.75 Å². The van der Waals surface area contributed by atoms with Gasteiger partial charge in [-0.15, -0.1) is 0 Å². The van der Waals surface area contributed by atoms with Gasteiger partial charge in [0.25, 0.3) is 0 Å². The Morgan fingerprint density at radius 1 is 1.14 bits per heavy atom. The van der Waals surface area contributed by atoms with Crippen LogP contribution in [0.4, 0.5) is 4.39 Å². The first kappa shape index (κ1) is 16.5. The van der Waals surface area contributed by atoms with E-state index < -0.39 is 6.04 Å². The number of aryl methyl sites for hydroxylation is 1. The van der Waals surface area contributed by atoms with Gasteiger partial charge in [0.2, 0.25) is 0 Å². The molecule has 0 amide bonds. The third-order valence-electron chi connectivity index (χ3n) is 3.53. The van der Waals surface area contributed by atoms with Gasteiger partial charge in [-0.25, -0.2) is 4.39 Å². The summed E-state index contributed by atoms with van der Waals surface area (Å²) in [6.07, 6.45) is 0. The van der Waals surface area contributed by atoms with Crippen LogP contribution in [0.25, 0.3) is 0 Å². The fourth-order valence-electron chi connectivity index (χ4n) is 2.39. The lowest BCUT2D eigenvalue weighted by Gasteiger charge is -2.21. The predicted octanol–water partition coefficient (Wildman–Crippen LogP) is 5.02. The van der Waals surface area contributed by atoms with Crippen LogP contribution < -0.4 is 10.5 Å². The molecule has 0 spiro atoms. The Morgan fingerprint density at radius 3 is 2.38 bits per heavy atom. The Morgan fingerprint density at radius 2 is 1.81 bits per heavy atom. The molecule has 0 aliphatic rings. The average molecular weight is 417 g/mol. The molecular formula is C16H16Br2FNO. The first-order chi connectivity index (χ1) is 9.86. The molecule has 5 heteroatoms. The molecular weight excluding hydrogens is 401 g/mol. The zero-order valence-electron chi connectivity index (χ0n) is 12.0. The van der Waals surface area contributed by atoms with Crippen LogP contribution in [0.15, 0.2) is 33.2 Å². The SMILES string of the molecule is COc1c(C)cc(Br)c(C)c1C(N)c1ccc(F)c(Br)c1. The van der Waals surface area contributed by atoms with Crippen molar-refractivity contribution in [3.8, 4) is 5.75 Å². The number of rotatable bonds is 3. The molecule has 2 rings (SSSR count). The van der Waals surface area contributed by atoms with Crippen LogP contribution in [0.2, 0.25) is 0 Å². The number of nitrogens with two attached hydrogens (primary N) is 1. The number of methoxy groups -OCH3 is 1. The summed E-state index contributed by atoms with van der Waals surface area (Å²) in [6.45, 7) is 3.96. The van der Waals surface area contributed by atoms with E-state index >= 15 is 0 Å². The molecule has 21 heavy (non-hydrogen) atoms. The molecule has 0 bridgehead atoms. The van der Waals surface area contributed by atoms with E-state index in [-0.39, 0.29) is 5.82 Å². The number of hydrogen-bond acceptors (Lipinski definition) is 2. The highest BCUT2D eigenvalue weighted by atomic mass is 79.9. The van der Waals surface area contributed by atoms with Crippen molar-refractivity contribution in [1.82, 2.24) is 0 Å². The molecule has 0 aromatic heterocycles. The number of hydrogen-bond donors (Lipinski definition) is 1. The van der Waals surface area contributed by atoms with Gasteiger partial charge >= 0.3 is 0 Å². The Hall–Kier alpha value is -0.910. The number of ether oxygens (including phenoxy) is 1. The average Bonchev–Trinajstić information content (AvgIpc) is 2.44. The molecule has 112 valence electrons. The smallest absolute Gasteiger partial charge is 0.137 e. The summed E-state index contributed by atoms with van der Waals surface area (Å²) in [7, 11) is 1.63. The summed E-state index contributed by atoms with van der Waals surface area (Å²) in [4.78, 5) is 0. The van der Waals surface area contributed by atoms with Crippen LogP contribution in [0.1, 0.15) is 28.3 Å². The van der Waals surface area contributed by atoms with Gasteiger partial charge in [-0.05, 0) is 64.7 Å². The molecule has 1 unspecified atom stereocenters. The maximum absolute atomic E-state index is 13.4. The van der Waals surface area contributed by atoms with Gasteiger partial charge in [0, 0.05) is 10.0 Å². The number of halogens is 3. The van der Waals surface area contributed by atoms with Gasteiger partial charge in [-0.3, -0.25) is 0 Å². The van der Waals surface area contributed by atoms with Gasteiger partial charge < -0.3 is 10.5 Å².